The van der Waals surface area contributed by atoms with E-state index in [2.05, 4.69) is 13.8 Å². The minimum Gasteiger partial charge on any atom is -0.478 e. The minimum absolute atomic E-state index is 0.155. The van der Waals surface area contributed by atoms with Gasteiger partial charge in [-0.05, 0) is 17.9 Å². The molecule has 0 saturated heterocycles. The van der Waals surface area contributed by atoms with Crippen LogP contribution in [0.2, 0.25) is 0 Å². The zero-order valence-corrected chi connectivity index (χ0v) is 13.6. The second-order valence-electron chi connectivity index (χ2n) is 5.88. The normalized spacial score (nSPS) is 21.5. The van der Waals surface area contributed by atoms with E-state index in [-0.39, 0.29) is 12.0 Å². The molecular formula is C18H21ClO3. The van der Waals surface area contributed by atoms with Crippen LogP contribution in [0.4, 0.5) is 0 Å². The molecule has 2 rings (SSSR count). The molecule has 1 N–H and O–H groups in total. The first-order valence-corrected chi connectivity index (χ1v) is 7.83. The zero-order chi connectivity index (χ0) is 16.2. The number of hydrogen-bond acceptors (Lipinski definition) is 2. The summed E-state index contributed by atoms with van der Waals surface area (Å²) < 4.78 is 5.92. The second-order valence-corrected chi connectivity index (χ2v) is 6.49. The summed E-state index contributed by atoms with van der Waals surface area (Å²) in [6, 6.07) is 9.69. The number of alkyl halides is 1. The Hall–Kier alpha value is -1.58. The standard InChI is InChI=1S/C18H21ClO3/c1-13(2)10-11-22-18(19)12-15(17(20)21)8-9-16(18)14-6-4-3-5-7-14/h3-9,13H,10-12H2,1-2H3,(H,20,21). The van der Waals surface area contributed by atoms with E-state index >= 15 is 0 Å². The van der Waals surface area contributed by atoms with E-state index in [9.17, 15) is 9.90 Å². The van der Waals surface area contributed by atoms with E-state index < -0.39 is 11.0 Å². The number of rotatable bonds is 6. The Labute approximate surface area is 136 Å². The average molecular weight is 321 g/mol. The molecule has 1 aliphatic carbocycles. The van der Waals surface area contributed by atoms with Crippen molar-refractivity contribution in [3.8, 4) is 0 Å². The maximum atomic E-state index is 11.3. The van der Waals surface area contributed by atoms with Crippen LogP contribution in [0.1, 0.15) is 32.3 Å². The van der Waals surface area contributed by atoms with Gasteiger partial charge >= 0.3 is 5.97 Å². The Morgan fingerprint density at radius 1 is 1.32 bits per heavy atom. The van der Waals surface area contributed by atoms with Crippen LogP contribution in [0.25, 0.3) is 5.57 Å². The van der Waals surface area contributed by atoms with Crippen LogP contribution in [0.15, 0.2) is 48.1 Å². The summed E-state index contributed by atoms with van der Waals surface area (Å²) in [5, 5.41) is 8.10. The number of carboxylic acids is 1. The van der Waals surface area contributed by atoms with Crippen molar-refractivity contribution in [1.29, 1.82) is 0 Å². The molecule has 3 nitrogen and oxygen atoms in total. The van der Waals surface area contributed by atoms with Crippen molar-refractivity contribution in [3.63, 3.8) is 0 Å². The first-order valence-electron chi connectivity index (χ1n) is 7.45. The Morgan fingerprint density at radius 3 is 2.59 bits per heavy atom. The van der Waals surface area contributed by atoms with Crippen molar-refractivity contribution in [3.05, 3.63) is 53.6 Å². The van der Waals surface area contributed by atoms with Crippen LogP contribution in [-0.2, 0) is 9.53 Å². The van der Waals surface area contributed by atoms with Gasteiger partial charge in [0.25, 0.3) is 0 Å². The van der Waals surface area contributed by atoms with Gasteiger partial charge in [0, 0.05) is 24.2 Å². The molecule has 1 aliphatic rings. The number of aliphatic carboxylic acids is 1. The van der Waals surface area contributed by atoms with Gasteiger partial charge in [-0.25, -0.2) is 4.79 Å². The van der Waals surface area contributed by atoms with E-state index in [1.807, 2.05) is 30.3 Å². The van der Waals surface area contributed by atoms with Crippen LogP contribution in [-0.4, -0.2) is 22.7 Å². The summed E-state index contributed by atoms with van der Waals surface area (Å²) >= 11 is 6.70. The van der Waals surface area contributed by atoms with Crippen LogP contribution in [0, 0.1) is 5.92 Å². The lowest BCUT2D eigenvalue weighted by molar-refractivity contribution is -0.133. The number of halogens is 1. The molecule has 0 fully saturated rings. The Bertz CT molecular complexity index is 590. The number of hydrogen-bond donors (Lipinski definition) is 1. The molecule has 22 heavy (non-hydrogen) atoms. The third-order valence-corrected chi connectivity index (χ3v) is 4.10. The summed E-state index contributed by atoms with van der Waals surface area (Å²) in [6.07, 6.45) is 4.40. The molecule has 0 amide bonds. The first kappa shape index (κ1) is 16.8. The number of allylic oxidation sites excluding steroid dienone is 2. The van der Waals surface area contributed by atoms with Crippen molar-refractivity contribution in [2.24, 2.45) is 5.92 Å². The average Bonchev–Trinajstić information content (AvgIpc) is 2.47. The third-order valence-electron chi connectivity index (χ3n) is 3.66. The highest BCUT2D eigenvalue weighted by molar-refractivity contribution is 6.30. The van der Waals surface area contributed by atoms with E-state index in [0.717, 1.165) is 17.6 Å². The van der Waals surface area contributed by atoms with Gasteiger partial charge in [-0.3, -0.25) is 0 Å². The minimum atomic E-state index is -1.13. The molecule has 0 heterocycles. The summed E-state index contributed by atoms with van der Waals surface area (Å²) in [6.45, 7) is 4.72. The summed E-state index contributed by atoms with van der Waals surface area (Å²) in [5.41, 5.74) is 2.02. The molecule has 1 aromatic rings. The van der Waals surface area contributed by atoms with Gasteiger partial charge in [0.05, 0.1) is 0 Å². The molecule has 1 unspecified atom stereocenters. The molecule has 0 aromatic heterocycles. The Kier molecular flexibility index (Phi) is 5.43. The maximum Gasteiger partial charge on any atom is 0.331 e. The predicted molar refractivity (Wildman–Crippen MR) is 88.7 cm³/mol. The number of carbonyl (C=O) groups is 1. The van der Waals surface area contributed by atoms with Crippen molar-refractivity contribution in [2.45, 2.75) is 31.7 Å². The lowest BCUT2D eigenvalue weighted by atomic mass is 9.90. The summed E-state index contributed by atoms with van der Waals surface area (Å²) in [5.74, 6) is -0.455. The SMILES string of the molecule is CC(C)CCOC1(Cl)CC(C(=O)O)=CC=C1c1ccccc1. The molecule has 0 saturated carbocycles. The molecule has 0 aliphatic heterocycles. The number of ether oxygens (including phenoxy) is 1. The Balaban J connectivity index is 2.30. The quantitative estimate of drug-likeness (QED) is 0.786. The van der Waals surface area contributed by atoms with Gasteiger partial charge in [0.1, 0.15) is 0 Å². The Morgan fingerprint density at radius 2 is 2.00 bits per heavy atom. The van der Waals surface area contributed by atoms with Gasteiger partial charge in [-0.2, -0.15) is 0 Å². The van der Waals surface area contributed by atoms with Crippen molar-refractivity contribution in [1.82, 2.24) is 0 Å². The molecule has 1 atom stereocenters. The summed E-state index contributed by atoms with van der Waals surface area (Å²) in [7, 11) is 0. The van der Waals surface area contributed by atoms with E-state index in [1.165, 1.54) is 0 Å². The van der Waals surface area contributed by atoms with Gasteiger partial charge in [0.15, 0.2) is 5.06 Å². The lowest BCUT2D eigenvalue weighted by Crippen LogP contribution is -2.32. The fourth-order valence-electron chi connectivity index (χ4n) is 2.37. The third kappa shape index (κ3) is 3.99. The highest BCUT2D eigenvalue weighted by Gasteiger charge is 2.38. The van der Waals surface area contributed by atoms with Gasteiger partial charge in [-0.1, -0.05) is 67.9 Å². The van der Waals surface area contributed by atoms with E-state index in [0.29, 0.717) is 12.5 Å². The molecule has 118 valence electrons. The summed E-state index contributed by atoms with van der Waals surface area (Å²) in [4.78, 5) is 11.3. The largest absolute Gasteiger partial charge is 0.478 e. The van der Waals surface area contributed by atoms with Crippen LogP contribution < -0.4 is 0 Å². The zero-order valence-electron chi connectivity index (χ0n) is 12.9. The monoisotopic (exact) mass is 320 g/mol. The maximum absolute atomic E-state index is 11.3. The van der Waals surface area contributed by atoms with E-state index in [1.54, 1.807) is 12.2 Å². The molecule has 0 bridgehead atoms. The number of carboxylic acid groups (broad SMARTS) is 1. The fourth-order valence-corrected chi connectivity index (χ4v) is 2.76. The van der Waals surface area contributed by atoms with Crippen molar-refractivity contribution < 1.29 is 14.6 Å². The lowest BCUT2D eigenvalue weighted by Gasteiger charge is -2.33. The van der Waals surface area contributed by atoms with Crippen molar-refractivity contribution >= 4 is 23.1 Å². The smallest absolute Gasteiger partial charge is 0.331 e. The molecular weight excluding hydrogens is 300 g/mol. The molecule has 0 radical (unpaired) electrons. The second kappa shape index (κ2) is 7.12. The highest BCUT2D eigenvalue weighted by atomic mass is 35.5. The van der Waals surface area contributed by atoms with Gasteiger partial charge in [0.2, 0.25) is 0 Å². The molecule has 1 aromatic carbocycles. The fraction of sp³-hybridized carbons (Fsp3) is 0.389. The van der Waals surface area contributed by atoms with Gasteiger partial charge in [-0.15, -0.1) is 0 Å². The molecule has 0 spiro atoms. The van der Waals surface area contributed by atoms with Crippen LogP contribution in [0.3, 0.4) is 0 Å². The first-order chi connectivity index (χ1) is 10.4. The highest BCUT2D eigenvalue weighted by Crippen LogP contribution is 2.42. The van der Waals surface area contributed by atoms with Crippen LogP contribution >= 0.6 is 11.6 Å². The van der Waals surface area contributed by atoms with Crippen LogP contribution in [0.5, 0.6) is 0 Å². The van der Waals surface area contributed by atoms with Crippen molar-refractivity contribution in [2.75, 3.05) is 6.61 Å². The van der Waals surface area contributed by atoms with E-state index in [4.69, 9.17) is 16.3 Å². The van der Waals surface area contributed by atoms with Gasteiger partial charge < -0.3 is 9.84 Å². The number of benzene rings is 1. The predicted octanol–water partition coefficient (Wildman–Crippen LogP) is 4.48. The molecule has 4 heteroatoms. The topological polar surface area (TPSA) is 46.5 Å².